The van der Waals surface area contributed by atoms with Crippen molar-refractivity contribution >= 4 is 23.5 Å². The molecule has 1 aromatic heterocycles. The van der Waals surface area contributed by atoms with Gasteiger partial charge in [0.15, 0.2) is 0 Å². The number of hydrogen-bond acceptors (Lipinski definition) is 7. The van der Waals surface area contributed by atoms with E-state index in [1.54, 1.807) is 12.1 Å². The summed E-state index contributed by atoms with van der Waals surface area (Å²) in [5, 5.41) is 5.71. The van der Waals surface area contributed by atoms with Crippen molar-refractivity contribution in [1.29, 1.82) is 0 Å². The zero-order chi connectivity index (χ0) is 16.2. The SMILES string of the molecule is Nc1nc(CN2CCNC(=O)C2)nc(Nc2ccc(F)cc2)n1. The van der Waals surface area contributed by atoms with Gasteiger partial charge in [-0.25, -0.2) is 4.39 Å². The van der Waals surface area contributed by atoms with Crippen LogP contribution in [0.25, 0.3) is 0 Å². The minimum Gasteiger partial charge on any atom is -0.368 e. The lowest BCUT2D eigenvalue weighted by Gasteiger charge is -2.25. The van der Waals surface area contributed by atoms with Crippen molar-refractivity contribution in [3.05, 3.63) is 35.9 Å². The van der Waals surface area contributed by atoms with Crippen molar-refractivity contribution in [1.82, 2.24) is 25.2 Å². The van der Waals surface area contributed by atoms with E-state index in [1.807, 2.05) is 4.90 Å². The number of hydrogen-bond donors (Lipinski definition) is 3. The molecule has 0 radical (unpaired) electrons. The second kappa shape index (κ2) is 6.53. The van der Waals surface area contributed by atoms with Gasteiger partial charge in [0, 0.05) is 18.8 Å². The molecule has 9 heteroatoms. The number of benzene rings is 1. The van der Waals surface area contributed by atoms with Crippen LogP contribution in [0.1, 0.15) is 5.82 Å². The maximum atomic E-state index is 12.9. The molecule has 1 aliphatic rings. The lowest BCUT2D eigenvalue weighted by molar-refractivity contribution is -0.124. The highest BCUT2D eigenvalue weighted by Crippen LogP contribution is 2.14. The first-order valence-electron chi connectivity index (χ1n) is 7.10. The largest absolute Gasteiger partial charge is 0.368 e. The Morgan fingerprint density at radius 3 is 2.78 bits per heavy atom. The molecule has 0 bridgehead atoms. The third-order valence-electron chi connectivity index (χ3n) is 3.28. The van der Waals surface area contributed by atoms with Crippen molar-refractivity contribution < 1.29 is 9.18 Å². The maximum absolute atomic E-state index is 12.9. The Kier molecular flexibility index (Phi) is 4.29. The number of nitrogen functional groups attached to an aromatic ring is 1. The number of nitrogens with zero attached hydrogens (tertiary/aromatic N) is 4. The molecule has 1 fully saturated rings. The number of carbonyl (C=O) groups excluding carboxylic acids is 1. The van der Waals surface area contributed by atoms with Crippen LogP contribution in [-0.2, 0) is 11.3 Å². The summed E-state index contributed by atoms with van der Waals surface area (Å²) >= 11 is 0. The number of carbonyl (C=O) groups is 1. The van der Waals surface area contributed by atoms with Gasteiger partial charge in [-0.1, -0.05) is 0 Å². The molecule has 0 saturated carbocycles. The van der Waals surface area contributed by atoms with Crippen molar-refractivity contribution in [3.8, 4) is 0 Å². The van der Waals surface area contributed by atoms with E-state index in [0.29, 0.717) is 31.1 Å². The van der Waals surface area contributed by atoms with E-state index in [0.717, 1.165) is 6.54 Å². The van der Waals surface area contributed by atoms with Gasteiger partial charge in [0.2, 0.25) is 17.8 Å². The quantitative estimate of drug-likeness (QED) is 0.742. The maximum Gasteiger partial charge on any atom is 0.234 e. The summed E-state index contributed by atoms with van der Waals surface area (Å²) in [5.41, 5.74) is 6.35. The molecule has 3 rings (SSSR count). The number of nitrogens with two attached hydrogens (primary N) is 1. The van der Waals surface area contributed by atoms with Gasteiger partial charge < -0.3 is 16.4 Å². The first-order valence-corrected chi connectivity index (χ1v) is 7.10. The summed E-state index contributed by atoms with van der Waals surface area (Å²) in [6, 6.07) is 5.81. The molecule has 1 aromatic carbocycles. The normalized spacial score (nSPS) is 15.3. The van der Waals surface area contributed by atoms with E-state index < -0.39 is 0 Å². The second-order valence-electron chi connectivity index (χ2n) is 5.13. The highest BCUT2D eigenvalue weighted by Gasteiger charge is 2.18. The van der Waals surface area contributed by atoms with E-state index in [-0.39, 0.29) is 23.6 Å². The van der Waals surface area contributed by atoms with Crippen LogP contribution in [0.5, 0.6) is 0 Å². The Morgan fingerprint density at radius 1 is 1.26 bits per heavy atom. The van der Waals surface area contributed by atoms with E-state index in [2.05, 4.69) is 25.6 Å². The lowest BCUT2D eigenvalue weighted by Crippen LogP contribution is -2.47. The van der Waals surface area contributed by atoms with Crippen molar-refractivity contribution in [2.75, 3.05) is 30.7 Å². The Morgan fingerprint density at radius 2 is 2.04 bits per heavy atom. The molecule has 2 aromatic rings. The van der Waals surface area contributed by atoms with Gasteiger partial charge in [-0.05, 0) is 24.3 Å². The van der Waals surface area contributed by atoms with Crippen LogP contribution in [0.3, 0.4) is 0 Å². The van der Waals surface area contributed by atoms with Crippen LogP contribution in [0.2, 0.25) is 0 Å². The Balaban J connectivity index is 1.73. The highest BCUT2D eigenvalue weighted by molar-refractivity contribution is 5.78. The monoisotopic (exact) mass is 317 g/mol. The van der Waals surface area contributed by atoms with Crippen molar-refractivity contribution in [2.24, 2.45) is 0 Å². The molecule has 0 aliphatic carbocycles. The zero-order valence-corrected chi connectivity index (χ0v) is 12.3. The highest BCUT2D eigenvalue weighted by atomic mass is 19.1. The van der Waals surface area contributed by atoms with Crippen LogP contribution in [0, 0.1) is 5.82 Å². The van der Waals surface area contributed by atoms with Gasteiger partial charge >= 0.3 is 0 Å². The summed E-state index contributed by atoms with van der Waals surface area (Å²) in [6.45, 7) is 2.02. The molecule has 0 atom stereocenters. The number of halogens is 1. The minimum atomic E-state index is -0.324. The average molecular weight is 317 g/mol. The standard InChI is InChI=1S/C14H16FN7O/c15-9-1-3-10(4-2-9)18-14-20-11(19-13(16)21-14)7-22-6-5-17-12(23)8-22/h1-4H,5-8H2,(H,17,23)(H3,16,18,19,20,21). The van der Waals surface area contributed by atoms with Gasteiger partial charge in [0.1, 0.15) is 11.6 Å². The van der Waals surface area contributed by atoms with Crippen LogP contribution in [0.15, 0.2) is 24.3 Å². The van der Waals surface area contributed by atoms with Crippen LogP contribution in [-0.4, -0.2) is 45.4 Å². The first-order chi connectivity index (χ1) is 11.1. The molecule has 8 nitrogen and oxygen atoms in total. The Labute approximate surface area is 131 Å². The summed E-state index contributed by atoms with van der Waals surface area (Å²) in [5.74, 6) is 0.483. The number of aromatic nitrogens is 3. The number of piperazine rings is 1. The fourth-order valence-corrected chi connectivity index (χ4v) is 2.25. The number of rotatable bonds is 4. The van der Waals surface area contributed by atoms with Gasteiger partial charge in [-0.2, -0.15) is 15.0 Å². The molecule has 1 saturated heterocycles. The average Bonchev–Trinajstić information content (AvgIpc) is 2.49. The first kappa shape index (κ1) is 15.1. The number of anilines is 3. The van der Waals surface area contributed by atoms with Gasteiger partial charge in [0.25, 0.3) is 0 Å². The molecular weight excluding hydrogens is 301 g/mol. The van der Waals surface area contributed by atoms with Gasteiger partial charge in [0.05, 0.1) is 13.1 Å². The Bertz CT molecular complexity index is 707. The molecule has 120 valence electrons. The van der Waals surface area contributed by atoms with Gasteiger partial charge in [-0.15, -0.1) is 0 Å². The molecule has 0 spiro atoms. The summed E-state index contributed by atoms with van der Waals surface area (Å²) in [4.78, 5) is 25.7. The number of amides is 1. The second-order valence-corrected chi connectivity index (χ2v) is 5.13. The third-order valence-corrected chi connectivity index (χ3v) is 3.28. The summed E-state index contributed by atoms with van der Waals surface area (Å²) < 4.78 is 12.9. The van der Waals surface area contributed by atoms with Gasteiger partial charge in [-0.3, -0.25) is 9.69 Å². The Hall–Kier alpha value is -2.81. The third kappa shape index (κ3) is 4.10. The smallest absolute Gasteiger partial charge is 0.234 e. The van der Waals surface area contributed by atoms with Crippen molar-refractivity contribution in [3.63, 3.8) is 0 Å². The molecule has 4 N–H and O–H groups in total. The van der Waals surface area contributed by atoms with E-state index in [9.17, 15) is 9.18 Å². The zero-order valence-electron chi connectivity index (χ0n) is 12.3. The van der Waals surface area contributed by atoms with E-state index in [1.165, 1.54) is 12.1 Å². The lowest BCUT2D eigenvalue weighted by atomic mass is 10.3. The fourth-order valence-electron chi connectivity index (χ4n) is 2.25. The van der Waals surface area contributed by atoms with Crippen molar-refractivity contribution in [2.45, 2.75) is 6.54 Å². The molecular formula is C14H16FN7O. The summed E-state index contributed by atoms with van der Waals surface area (Å²) in [6.07, 6.45) is 0. The van der Waals surface area contributed by atoms with E-state index in [4.69, 9.17) is 5.73 Å². The number of nitrogens with one attached hydrogen (secondary N) is 2. The predicted molar refractivity (Wildman–Crippen MR) is 82.2 cm³/mol. The fraction of sp³-hybridized carbons (Fsp3) is 0.286. The van der Waals surface area contributed by atoms with E-state index >= 15 is 0 Å². The predicted octanol–water partition coefficient (Wildman–Crippen LogP) is 0.268. The molecule has 23 heavy (non-hydrogen) atoms. The van der Waals surface area contributed by atoms with Crippen LogP contribution >= 0.6 is 0 Å². The molecule has 1 amide bonds. The van der Waals surface area contributed by atoms with Crippen LogP contribution in [0.4, 0.5) is 22.0 Å². The molecule has 2 heterocycles. The molecule has 1 aliphatic heterocycles. The molecule has 0 unspecified atom stereocenters. The van der Waals surface area contributed by atoms with Crippen LogP contribution < -0.4 is 16.4 Å². The topological polar surface area (TPSA) is 109 Å². The summed E-state index contributed by atoms with van der Waals surface area (Å²) in [7, 11) is 0. The minimum absolute atomic E-state index is 0.0251.